The predicted molar refractivity (Wildman–Crippen MR) is 75.4 cm³/mol. The van der Waals surface area contributed by atoms with Crippen LogP contribution in [0.3, 0.4) is 0 Å². The number of carboxylic acids is 1. The van der Waals surface area contributed by atoms with Crippen molar-refractivity contribution < 1.29 is 24.9 Å². The van der Waals surface area contributed by atoms with Gasteiger partial charge in [0.1, 0.15) is 5.75 Å². The number of rotatable bonds is 2. The monoisotopic (exact) mass is 282 g/mol. The molecule has 3 aromatic rings. The van der Waals surface area contributed by atoms with E-state index in [-0.39, 0.29) is 11.3 Å². The smallest absolute Gasteiger partial charge is 0.335 e. The number of benzene rings is 2. The van der Waals surface area contributed by atoms with Crippen LogP contribution in [0.5, 0.6) is 5.75 Å². The number of phenolic OH excluding ortho intramolecular Hbond substituents is 1. The first-order valence-corrected chi connectivity index (χ1v) is 6.27. The number of aromatic carboxylic acids is 1. The second-order valence-electron chi connectivity index (χ2n) is 4.66. The molecule has 0 radical (unpaired) electrons. The number of hydrogen-bond donors (Lipinski definition) is 3. The second kappa shape index (κ2) is 4.79. The van der Waals surface area contributed by atoms with Crippen molar-refractivity contribution in [2.24, 2.45) is 0 Å². The van der Waals surface area contributed by atoms with Gasteiger partial charge in [0.2, 0.25) is 0 Å². The number of nitrogens with zero attached hydrogens (tertiary/aromatic N) is 1. The zero-order chi connectivity index (χ0) is 15.0. The van der Waals surface area contributed by atoms with E-state index in [2.05, 4.69) is 0 Å². The van der Waals surface area contributed by atoms with Crippen molar-refractivity contribution in [3.05, 3.63) is 60.2 Å². The Morgan fingerprint density at radius 2 is 1.67 bits per heavy atom. The van der Waals surface area contributed by atoms with E-state index in [0.29, 0.717) is 22.2 Å². The van der Waals surface area contributed by atoms with Crippen LogP contribution < -0.4 is 4.73 Å². The van der Waals surface area contributed by atoms with Crippen LogP contribution in [-0.4, -0.2) is 21.4 Å². The topological polar surface area (TPSA) is 81.6 Å². The number of aromatic nitrogens is 1. The number of fused-ring (bicyclic) bond motifs is 1. The summed E-state index contributed by atoms with van der Waals surface area (Å²) in [6, 6.07) is 14.4. The maximum Gasteiger partial charge on any atom is 0.335 e. The molecule has 0 aliphatic rings. The fourth-order valence-corrected chi connectivity index (χ4v) is 2.24. The molecule has 0 saturated carbocycles. The summed E-state index contributed by atoms with van der Waals surface area (Å²) in [5.74, 6) is -0.867. The lowest BCUT2D eigenvalue weighted by Gasteiger charge is -2.02. The van der Waals surface area contributed by atoms with Gasteiger partial charge in [0.25, 0.3) is 11.2 Å². The first-order chi connectivity index (χ1) is 10.1. The third kappa shape index (κ3) is 2.25. The summed E-state index contributed by atoms with van der Waals surface area (Å²) in [6.45, 7) is 0. The fourth-order valence-electron chi connectivity index (χ4n) is 2.24. The molecule has 3 rings (SSSR count). The quantitative estimate of drug-likeness (QED) is 0.498. The van der Waals surface area contributed by atoms with Gasteiger partial charge in [-0.25, -0.2) is 4.79 Å². The minimum absolute atomic E-state index is 0.126. The van der Waals surface area contributed by atoms with E-state index in [1.165, 1.54) is 18.2 Å². The Balaban J connectivity index is 2.14. The average Bonchev–Trinajstić information content (AvgIpc) is 2.47. The summed E-state index contributed by atoms with van der Waals surface area (Å²) in [6.07, 6.45) is 0. The van der Waals surface area contributed by atoms with Gasteiger partial charge in [-0.3, -0.25) is 5.21 Å². The van der Waals surface area contributed by atoms with Crippen LogP contribution in [0.2, 0.25) is 0 Å². The van der Waals surface area contributed by atoms with Crippen LogP contribution in [0.15, 0.2) is 54.6 Å². The number of pyridine rings is 1. The van der Waals surface area contributed by atoms with Gasteiger partial charge in [-0.15, -0.1) is 0 Å². The Kier molecular flexibility index (Phi) is 2.95. The highest BCUT2D eigenvalue weighted by Crippen LogP contribution is 2.22. The van der Waals surface area contributed by atoms with E-state index in [4.69, 9.17) is 5.11 Å². The Morgan fingerprint density at radius 3 is 2.33 bits per heavy atom. The lowest BCUT2D eigenvalue weighted by molar-refractivity contribution is -0.876. The van der Waals surface area contributed by atoms with Crippen molar-refractivity contribution in [3.8, 4) is 17.0 Å². The van der Waals surface area contributed by atoms with E-state index >= 15 is 0 Å². The highest BCUT2D eigenvalue weighted by atomic mass is 16.5. The van der Waals surface area contributed by atoms with Crippen LogP contribution in [0.4, 0.5) is 0 Å². The SMILES string of the molecule is O=C(O)c1ccc(-c2ccc3cc(O)ccc3[n+]2O)cc1. The first-order valence-electron chi connectivity index (χ1n) is 6.27. The van der Waals surface area contributed by atoms with Gasteiger partial charge in [0, 0.05) is 16.9 Å². The summed E-state index contributed by atoms with van der Waals surface area (Å²) >= 11 is 0. The highest BCUT2D eigenvalue weighted by molar-refractivity contribution is 5.88. The zero-order valence-electron chi connectivity index (χ0n) is 10.9. The molecule has 21 heavy (non-hydrogen) atoms. The van der Waals surface area contributed by atoms with Crippen molar-refractivity contribution in [2.45, 2.75) is 0 Å². The van der Waals surface area contributed by atoms with E-state index in [0.717, 1.165) is 4.73 Å². The maximum absolute atomic E-state index is 10.8. The number of carboxylic acid groups (broad SMARTS) is 1. The van der Waals surface area contributed by atoms with E-state index in [9.17, 15) is 15.1 Å². The van der Waals surface area contributed by atoms with E-state index < -0.39 is 5.97 Å². The third-order valence-corrected chi connectivity index (χ3v) is 3.32. The molecule has 0 amide bonds. The molecule has 0 saturated heterocycles. The summed E-state index contributed by atoms with van der Waals surface area (Å²) in [5, 5.41) is 29.3. The van der Waals surface area contributed by atoms with Crippen molar-refractivity contribution in [1.82, 2.24) is 0 Å². The van der Waals surface area contributed by atoms with Gasteiger partial charge in [0.15, 0.2) is 0 Å². The molecule has 0 aliphatic carbocycles. The molecule has 0 atom stereocenters. The number of aromatic hydroxyl groups is 1. The lowest BCUT2D eigenvalue weighted by atomic mass is 10.1. The molecule has 0 bridgehead atoms. The van der Waals surface area contributed by atoms with Gasteiger partial charge in [-0.05, 0) is 42.5 Å². The van der Waals surface area contributed by atoms with Gasteiger partial charge in [-0.2, -0.15) is 0 Å². The Bertz CT molecular complexity index is 841. The Labute approximate surface area is 119 Å². The summed E-state index contributed by atoms with van der Waals surface area (Å²) in [4.78, 5) is 10.8. The molecule has 1 aromatic heterocycles. The summed E-state index contributed by atoms with van der Waals surface area (Å²) in [5.41, 5.74) is 1.96. The normalized spacial score (nSPS) is 10.7. The molecule has 5 nitrogen and oxygen atoms in total. The predicted octanol–water partition coefficient (Wildman–Crippen LogP) is 2.44. The molecule has 2 aromatic carbocycles. The van der Waals surface area contributed by atoms with Crippen LogP contribution >= 0.6 is 0 Å². The Morgan fingerprint density at radius 1 is 0.952 bits per heavy atom. The number of hydrogen-bond acceptors (Lipinski definition) is 3. The van der Waals surface area contributed by atoms with E-state index in [1.54, 1.807) is 36.4 Å². The van der Waals surface area contributed by atoms with Gasteiger partial charge < -0.3 is 10.2 Å². The third-order valence-electron chi connectivity index (χ3n) is 3.32. The van der Waals surface area contributed by atoms with Crippen molar-refractivity contribution in [2.75, 3.05) is 0 Å². The molecule has 0 unspecified atom stereocenters. The molecule has 1 heterocycles. The van der Waals surface area contributed by atoms with Gasteiger partial charge in [0.05, 0.1) is 16.5 Å². The lowest BCUT2D eigenvalue weighted by Crippen LogP contribution is -2.33. The second-order valence-corrected chi connectivity index (χ2v) is 4.66. The molecule has 0 spiro atoms. The van der Waals surface area contributed by atoms with Crippen LogP contribution in [0.1, 0.15) is 10.4 Å². The Hall–Kier alpha value is -3.08. The van der Waals surface area contributed by atoms with Crippen LogP contribution in [-0.2, 0) is 0 Å². The minimum Gasteiger partial charge on any atom is -0.508 e. The standard InChI is InChI=1S/C16H11NO4/c18-13-6-8-15-12(9-13)5-7-14(17(15)21)10-1-3-11(4-2-10)16(19)20/h1-9H,(H2-,18,19,20,21)/p+1. The first kappa shape index (κ1) is 12.9. The zero-order valence-corrected chi connectivity index (χ0v) is 10.9. The van der Waals surface area contributed by atoms with Gasteiger partial charge >= 0.3 is 5.97 Å². The molecule has 5 heteroatoms. The minimum atomic E-state index is -0.993. The van der Waals surface area contributed by atoms with Crippen LogP contribution in [0.25, 0.3) is 22.2 Å². The maximum atomic E-state index is 10.8. The largest absolute Gasteiger partial charge is 0.508 e. The number of carbonyl (C=O) groups is 1. The molecule has 0 fully saturated rings. The molecule has 0 aliphatic heterocycles. The molecular formula is C16H12NO4+. The van der Waals surface area contributed by atoms with Crippen molar-refractivity contribution in [3.63, 3.8) is 0 Å². The van der Waals surface area contributed by atoms with E-state index in [1.807, 2.05) is 0 Å². The fraction of sp³-hybridized carbons (Fsp3) is 0. The van der Waals surface area contributed by atoms with Crippen molar-refractivity contribution in [1.29, 1.82) is 0 Å². The number of phenols is 1. The summed E-state index contributed by atoms with van der Waals surface area (Å²) < 4.78 is 1.02. The molecule has 104 valence electrons. The molecular weight excluding hydrogens is 270 g/mol. The average molecular weight is 282 g/mol. The van der Waals surface area contributed by atoms with Gasteiger partial charge in [-0.1, -0.05) is 0 Å². The highest BCUT2D eigenvalue weighted by Gasteiger charge is 2.18. The molecule has 3 N–H and O–H groups in total. The summed E-state index contributed by atoms with van der Waals surface area (Å²) in [7, 11) is 0. The van der Waals surface area contributed by atoms with Crippen molar-refractivity contribution >= 4 is 16.9 Å². The van der Waals surface area contributed by atoms with Crippen LogP contribution in [0, 0.1) is 0 Å².